The maximum absolute atomic E-state index is 10.0. The molecule has 2 aromatic carbocycles. The molecule has 0 aliphatic heterocycles. The van der Waals surface area contributed by atoms with Gasteiger partial charge in [-0.05, 0) is 35.4 Å². The van der Waals surface area contributed by atoms with Crippen LogP contribution in [0.4, 0.5) is 0 Å². The van der Waals surface area contributed by atoms with Gasteiger partial charge in [-0.1, -0.05) is 48.5 Å². The minimum absolute atomic E-state index is 0.268. The monoisotopic (exact) mass is 337 g/mol. The Bertz CT molecular complexity index is 733. The fourth-order valence-corrected chi connectivity index (χ4v) is 3.00. The number of benzene rings is 2. The average Bonchev–Trinajstić information content (AvgIpc) is 2.67. The molecule has 1 atom stereocenters. The lowest BCUT2D eigenvalue weighted by Gasteiger charge is -2.12. The van der Waals surface area contributed by atoms with Crippen molar-refractivity contribution in [1.82, 2.24) is 4.98 Å². The number of nitrogens with zero attached hydrogens (tertiary/aromatic N) is 1. The summed E-state index contributed by atoms with van der Waals surface area (Å²) in [7, 11) is 0. The Balaban J connectivity index is 1.48. The first kappa shape index (κ1) is 16.6. The standard InChI is InChI=1S/C20H19NO2S/c22-18(15-24-20-8-4-5-13-21-20)14-23-19-11-9-17(10-12-19)16-6-2-1-3-7-16/h1-13,18,22H,14-15H2/t18-/m1/s1. The maximum Gasteiger partial charge on any atom is 0.119 e. The minimum Gasteiger partial charge on any atom is -0.491 e. The molecule has 0 unspecified atom stereocenters. The van der Waals surface area contributed by atoms with Crippen LogP contribution in [-0.2, 0) is 0 Å². The van der Waals surface area contributed by atoms with Gasteiger partial charge in [0.15, 0.2) is 0 Å². The molecule has 24 heavy (non-hydrogen) atoms. The van der Waals surface area contributed by atoms with Gasteiger partial charge in [0, 0.05) is 11.9 Å². The van der Waals surface area contributed by atoms with Crippen LogP contribution in [0.15, 0.2) is 84.0 Å². The first-order valence-electron chi connectivity index (χ1n) is 7.81. The summed E-state index contributed by atoms with van der Waals surface area (Å²) in [6.45, 7) is 0.268. The van der Waals surface area contributed by atoms with E-state index in [9.17, 15) is 5.11 Å². The number of aromatic nitrogens is 1. The minimum atomic E-state index is -0.536. The van der Waals surface area contributed by atoms with Crippen LogP contribution in [0.25, 0.3) is 11.1 Å². The van der Waals surface area contributed by atoms with Crippen molar-refractivity contribution in [2.75, 3.05) is 12.4 Å². The summed E-state index contributed by atoms with van der Waals surface area (Å²) in [6, 6.07) is 23.9. The van der Waals surface area contributed by atoms with E-state index in [1.54, 1.807) is 6.20 Å². The molecule has 3 aromatic rings. The molecule has 0 aliphatic carbocycles. The Kier molecular flexibility index (Phi) is 5.88. The van der Waals surface area contributed by atoms with E-state index in [1.165, 1.54) is 17.3 Å². The third-order valence-electron chi connectivity index (χ3n) is 3.47. The second-order valence-electron chi connectivity index (χ2n) is 5.33. The highest BCUT2D eigenvalue weighted by molar-refractivity contribution is 7.99. The highest BCUT2D eigenvalue weighted by Crippen LogP contribution is 2.22. The second-order valence-corrected chi connectivity index (χ2v) is 6.37. The molecule has 0 amide bonds. The molecule has 3 nitrogen and oxygen atoms in total. The van der Waals surface area contributed by atoms with E-state index in [4.69, 9.17) is 4.74 Å². The smallest absolute Gasteiger partial charge is 0.119 e. The molecule has 0 saturated heterocycles. The van der Waals surface area contributed by atoms with Gasteiger partial charge in [0.1, 0.15) is 12.4 Å². The van der Waals surface area contributed by atoms with Crippen molar-refractivity contribution in [3.63, 3.8) is 0 Å². The molecule has 0 spiro atoms. The predicted molar refractivity (Wildman–Crippen MR) is 98.3 cm³/mol. The fourth-order valence-electron chi connectivity index (χ4n) is 2.23. The van der Waals surface area contributed by atoms with Crippen molar-refractivity contribution in [3.05, 3.63) is 79.0 Å². The van der Waals surface area contributed by atoms with Gasteiger partial charge in [0.25, 0.3) is 0 Å². The molecule has 4 heteroatoms. The van der Waals surface area contributed by atoms with Gasteiger partial charge in [-0.15, -0.1) is 11.8 Å². The van der Waals surface area contributed by atoms with E-state index >= 15 is 0 Å². The van der Waals surface area contributed by atoms with Crippen LogP contribution >= 0.6 is 11.8 Å². The molecular formula is C20H19NO2S. The van der Waals surface area contributed by atoms with E-state index in [0.717, 1.165) is 16.3 Å². The van der Waals surface area contributed by atoms with E-state index in [-0.39, 0.29) is 6.61 Å². The molecule has 1 N–H and O–H groups in total. The topological polar surface area (TPSA) is 42.4 Å². The fraction of sp³-hybridized carbons (Fsp3) is 0.150. The van der Waals surface area contributed by atoms with Crippen LogP contribution in [-0.4, -0.2) is 28.6 Å². The second kappa shape index (κ2) is 8.52. The van der Waals surface area contributed by atoms with Crippen LogP contribution in [0.1, 0.15) is 0 Å². The molecule has 3 rings (SSSR count). The van der Waals surface area contributed by atoms with Crippen molar-refractivity contribution in [2.45, 2.75) is 11.1 Å². The quantitative estimate of drug-likeness (QED) is 0.654. The van der Waals surface area contributed by atoms with Crippen molar-refractivity contribution in [1.29, 1.82) is 0 Å². The maximum atomic E-state index is 10.0. The van der Waals surface area contributed by atoms with E-state index in [0.29, 0.717) is 5.75 Å². The summed E-state index contributed by atoms with van der Waals surface area (Å²) in [5.41, 5.74) is 2.32. The molecule has 0 radical (unpaired) electrons. The Morgan fingerprint density at radius 2 is 1.58 bits per heavy atom. The van der Waals surface area contributed by atoms with Crippen LogP contribution in [0, 0.1) is 0 Å². The van der Waals surface area contributed by atoms with Crippen molar-refractivity contribution >= 4 is 11.8 Å². The van der Waals surface area contributed by atoms with Gasteiger partial charge in [0.05, 0.1) is 11.1 Å². The lowest BCUT2D eigenvalue weighted by Crippen LogP contribution is -2.20. The van der Waals surface area contributed by atoms with Crippen molar-refractivity contribution in [3.8, 4) is 16.9 Å². The van der Waals surface area contributed by atoms with E-state index in [1.807, 2.05) is 60.7 Å². The Morgan fingerprint density at radius 3 is 2.29 bits per heavy atom. The van der Waals surface area contributed by atoms with Gasteiger partial charge in [-0.2, -0.15) is 0 Å². The molecule has 0 bridgehead atoms. The molecule has 0 saturated carbocycles. The Labute approximate surface area is 146 Å². The van der Waals surface area contributed by atoms with Gasteiger partial charge in [-0.25, -0.2) is 4.98 Å². The normalized spacial score (nSPS) is 11.9. The molecule has 0 fully saturated rings. The van der Waals surface area contributed by atoms with E-state index in [2.05, 4.69) is 17.1 Å². The SMILES string of the molecule is O[C@H](COc1ccc(-c2ccccc2)cc1)CSc1ccccn1. The summed E-state index contributed by atoms with van der Waals surface area (Å²) in [5.74, 6) is 1.32. The molecule has 1 heterocycles. The number of thioether (sulfide) groups is 1. The lowest BCUT2D eigenvalue weighted by atomic mass is 10.1. The van der Waals surface area contributed by atoms with Gasteiger partial charge < -0.3 is 9.84 Å². The zero-order valence-electron chi connectivity index (χ0n) is 13.2. The highest BCUT2D eigenvalue weighted by Gasteiger charge is 2.07. The van der Waals surface area contributed by atoms with Crippen LogP contribution < -0.4 is 4.74 Å². The van der Waals surface area contributed by atoms with Crippen LogP contribution in [0.2, 0.25) is 0 Å². The van der Waals surface area contributed by atoms with Crippen LogP contribution in [0.3, 0.4) is 0 Å². The number of pyridine rings is 1. The molecule has 1 aromatic heterocycles. The first-order valence-corrected chi connectivity index (χ1v) is 8.80. The van der Waals surface area contributed by atoms with Gasteiger partial charge in [-0.3, -0.25) is 0 Å². The summed E-state index contributed by atoms with van der Waals surface area (Å²) >= 11 is 1.52. The zero-order valence-corrected chi connectivity index (χ0v) is 14.0. The number of hydrogen-bond donors (Lipinski definition) is 1. The zero-order chi connectivity index (χ0) is 16.6. The average molecular weight is 337 g/mol. The highest BCUT2D eigenvalue weighted by atomic mass is 32.2. The molecule has 122 valence electrons. The summed E-state index contributed by atoms with van der Waals surface area (Å²) < 4.78 is 5.66. The lowest BCUT2D eigenvalue weighted by molar-refractivity contribution is 0.126. The molecular weight excluding hydrogens is 318 g/mol. The number of hydrogen-bond acceptors (Lipinski definition) is 4. The van der Waals surface area contributed by atoms with Crippen molar-refractivity contribution in [2.24, 2.45) is 0 Å². The number of aliphatic hydroxyl groups is 1. The van der Waals surface area contributed by atoms with Crippen LogP contribution in [0.5, 0.6) is 5.75 Å². The van der Waals surface area contributed by atoms with Crippen molar-refractivity contribution < 1.29 is 9.84 Å². The third kappa shape index (κ3) is 4.85. The number of ether oxygens (including phenoxy) is 1. The summed E-state index contributed by atoms with van der Waals surface area (Å²) in [6.07, 6.45) is 1.21. The molecule has 0 aliphatic rings. The predicted octanol–water partition coefficient (Wildman–Crippen LogP) is 4.28. The number of aliphatic hydroxyl groups excluding tert-OH is 1. The third-order valence-corrected chi connectivity index (χ3v) is 4.55. The number of rotatable bonds is 7. The largest absolute Gasteiger partial charge is 0.491 e. The Hall–Kier alpha value is -2.30. The van der Waals surface area contributed by atoms with Gasteiger partial charge in [0.2, 0.25) is 0 Å². The van der Waals surface area contributed by atoms with E-state index < -0.39 is 6.10 Å². The van der Waals surface area contributed by atoms with Gasteiger partial charge >= 0.3 is 0 Å². The summed E-state index contributed by atoms with van der Waals surface area (Å²) in [5, 5.41) is 10.9. The first-order chi connectivity index (χ1) is 11.8. The summed E-state index contributed by atoms with van der Waals surface area (Å²) in [4.78, 5) is 4.22. The Morgan fingerprint density at radius 1 is 0.875 bits per heavy atom.